The van der Waals surface area contributed by atoms with E-state index in [9.17, 15) is 9.90 Å². The molecule has 2 heterocycles. The minimum absolute atomic E-state index is 0.280. The quantitative estimate of drug-likeness (QED) is 0.585. The molecule has 0 aliphatic carbocycles. The van der Waals surface area contributed by atoms with E-state index in [0.717, 1.165) is 33.2 Å². The van der Waals surface area contributed by atoms with Crippen molar-refractivity contribution in [1.29, 1.82) is 0 Å². The Morgan fingerprint density at radius 1 is 1.16 bits per heavy atom. The van der Waals surface area contributed by atoms with Crippen LogP contribution in [-0.2, 0) is 11.2 Å². The number of anilines is 1. The molecule has 0 saturated carbocycles. The Morgan fingerprint density at radius 3 is 2.59 bits per heavy atom. The molecule has 2 atom stereocenters. The van der Waals surface area contributed by atoms with Crippen LogP contribution in [0.4, 0.5) is 5.69 Å². The van der Waals surface area contributed by atoms with E-state index in [-0.39, 0.29) is 5.91 Å². The molecule has 32 heavy (non-hydrogen) atoms. The van der Waals surface area contributed by atoms with Gasteiger partial charge in [-0.25, -0.2) is 0 Å². The van der Waals surface area contributed by atoms with Crippen molar-refractivity contribution in [1.82, 2.24) is 4.90 Å². The first-order valence-electron chi connectivity index (χ1n) is 10.6. The zero-order valence-electron chi connectivity index (χ0n) is 18.5. The summed E-state index contributed by atoms with van der Waals surface area (Å²) in [5, 5.41) is 10.7. The number of thioether (sulfide) groups is 1. The molecule has 1 aliphatic heterocycles. The fourth-order valence-electron chi connectivity index (χ4n) is 3.78. The van der Waals surface area contributed by atoms with Crippen LogP contribution in [0.1, 0.15) is 22.1 Å². The molecule has 3 aromatic rings. The van der Waals surface area contributed by atoms with Crippen molar-refractivity contribution in [2.75, 3.05) is 39.2 Å². The van der Waals surface area contributed by atoms with Gasteiger partial charge in [0, 0.05) is 24.4 Å². The second kappa shape index (κ2) is 9.81. The number of aliphatic hydroxyl groups is 1. The number of hydrogen-bond donors (Lipinski definition) is 1. The zero-order chi connectivity index (χ0) is 22.7. The van der Waals surface area contributed by atoms with Crippen molar-refractivity contribution in [3.05, 3.63) is 77.7 Å². The first-order valence-corrected chi connectivity index (χ1v) is 11.4. The lowest BCUT2D eigenvalue weighted by molar-refractivity contribution is -0.126. The number of benzene rings is 2. The summed E-state index contributed by atoms with van der Waals surface area (Å²) in [6.07, 6.45) is 1.18. The average molecular weight is 453 g/mol. The van der Waals surface area contributed by atoms with Crippen molar-refractivity contribution >= 4 is 23.4 Å². The summed E-state index contributed by atoms with van der Waals surface area (Å²) in [4.78, 5) is 18.1. The van der Waals surface area contributed by atoms with Gasteiger partial charge in [0.2, 0.25) is 0 Å². The van der Waals surface area contributed by atoms with E-state index in [1.807, 2.05) is 67.5 Å². The smallest absolute Gasteiger partial charge is 0.257 e. The number of amides is 1. The minimum Gasteiger partial charge on any atom is -0.497 e. The van der Waals surface area contributed by atoms with E-state index in [1.54, 1.807) is 18.3 Å². The first-order chi connectivity index (χ1) is 15.5. The van der Waals surface area contributed by atoms with Gasteiger partial charge in [-0.3, -0.25) is 4.79 Å². The van der Waals surface area contributed by atoms with Crippen LogP contribution in [0, 0.1) is 0 Å². The lowest BCUT2D eigenvalue weighted by atomic mass is 10.1. The number of nitrogens with zero attached hydrogens (tertiary/aromatic N) is 2. The van der Waals surface area contributed by atoms with Crippen LogP contribution in [0.5, 0.6) is 5.75 Å². The number of ether oxygens (including phenoxy) is 1. The highest BCUT2D eigenvalue weighted by molar-refractivity contribution is 7.99. The van der Waals surface area contributed by atoms with Crippen LogP contribution in [0.2, 0.25) is 0 Å². The molecule has 0 saturated heterocycles. The Balaban J connectivity index is 1.72. The van der Waals surface area contributed by atoms with Gasteiger partial charge in [0.1, 0.15) is 17.6 Å². The summed E-state index contributed by atoms with van der Waals surface area (Å²) in [7, 11) is 5.56. The summed E-state index contributed by atoms with van der Waals surface area (Å²) in [6.45, 7) is 1.20. The molecule has 0 fully saturated rings. The molecular formula is C25H28N2O4S. The van der Waals surface area contributed by atoms with E-state index in [0.29, 0.717) is 19.5 Å². The standard InChI is InChI=1S/C25H28N2O4S/c1-26(2)12-13-27-21-11-6-17(15-20-5-4-14-31-20)16-22(21)32-24(23(28)25(27)29)18-7-9-19(30-3)10-8-18/h4-11,14,16,23-24,28H,12-13,15H2,1-3H3/t23-,24+/m1/s1. The Morgan fingerprint density at radius 2 is 1.94 bits per heavy atom. The van der Waals surface area contributed by atoms with Gasteiger partial charge in [0.05, 0.1) is 24.3 Å². The fraction of sp³-hybridized carbons (Fsp3) is 0.320. The van der Waals surface area contributed by atoms with Crippen LogP contribution in [0.15, 0.2) is 70.2 Å². The number of carbonyl (C=O) groups is 1. The van der Waals surface area contributed by atoms with Crippen molar-refractivity contribution < 1.29 is 19.1 Å². The summed E-state index contributed by atoms with van der Waals surface area (Å²) in [5.41, 5.74) is 2.81. The molecule has 1 aromatic heterocycles. The highest BCUT2D eigenvalue weighted by Gasteiger charge is 2.37. The second-order valence-corrected chi connectivity index (χ2v) is 9.29. The van der Waals surface area contributed by atoms with Crippen LogP contribution in [0.3, 0.4) is 0 Å². The number of methoxy groups -OCH3 is 1. The van der Waals surface area contributed by atoms with E-state index in [4.69, 9.17) is 9.15 Å². The molecule has 1 N–H and O–H groups in total. The number of furan rings is 1. The fourth-order valence-corrected chi connectivity index (χ4v) is 5.11. The number of aliphatic hydroxyl groups excluding tert-OH is 1. The van der Waals surface area contributed by atoms with Gasteiger partial charge in [-0.2, -0.15) is 0 Å². The molecule has 1 amide bonds. The first kappa shape index (κ1) is 22.5. The third-order valence-corrected chi connectivity index (χ3v) is 6.91. The number of hydrogen-bond acceptors (Lipinski definition) is 6. The molecule has 6 nitrogen and oxygen atoms in total. The Bertz CT molecular complexity index is 1050. The normalized spacial score (nSPS) is 18.5. The topological polar surface area (TPSA) is 66.2 Å². The van der Waals surface area contributed by atoms with Gasteiger partial charge in [0.25, 0.3) is 5.91 Å². The van der Waals surface area contributed by atoms with Crippen LogP contribution < -0.4 is 9.64 Å². The van der Waals surface area contributed by atoms with Crippen molar-refractivity contribution in [2.45, 2.75) is 22.7 Å². The second-order valence-electron chi connectivity index (χ2n) is 8.11. The Kier molecular flexibility index (Phi) is 6.89. The van der Waals surface area contributed by atoms with E-state index >= 15 is 0 Å². The van der Waals surface area contributed by atoms with E-state index in [2.05, 4.69) is 6.07 Å². The SMILES string of the molecule is COc1ccc([C@@H]2Sc3cc(Cc4ccco4)ccc3N(CCN(C)C)C(=O)[C@@H]2O)cc1. The largest absolute Gasteiger partial charge is 0.497 e. The predicted octanol–water partition coefficient (Wildman–Crippen LogP) is 3.98. The Labute approximate surface area is 192 Å². The van der Waals surface area contributed by atoms with Crippen LogP contribution >= 0.6 is 11.8 Å². The molecular weight excluding hydrogens is 424 g/mol. The van der Waals surface area contributed by atoms with Crippen LogP contribution in [0.25, 0.3) is 0 Å². The molecule has 2 aromatic carbocycles. The van der Waals surface area contributed by atoms with Gasteiger partial charge in [-0.15, -0.1) is 11.8 Å². The van der Waals surface area contributed by atoms with E-state index in [1.165, 1.54) is 11.8 Å². The summed E-state index contributed by atoms with van der Waals surface area (Å²) in [5.74, 6) is 1.34. The highest BCUT2D eigenvalue weighted by Crippen LogP contribution is 2.46. The third kappa shape index (κ3) is 4.85. The summed E-state index contributed by atoms with van der Waals surface area (Å²) >= 11 is 1.52. The maximum atomic E-state index is 13.4. The number of likely N-dealkylation sites (N-methyl/N-ethyl adjacent to an activating group) is 1. The van der Waals surface area contributed by atoms with Gasteiger partial charge >= 0.3 is 0 Å². The van der Waals surface area contributed by atoms with Gasteiger partial charge in [0.15, 0.2) is 0 Å². The van der Waals surface area contributed by atoms with Crippen molar-refractivity contribution in [2.24, 2.45) is 0 Å². The van der Waals surface area contributed by atoms with Gasteiger partial charge in [-0.1, -0.05) is 18.2 Å². The third-order valence-electron chi connectivity index (χ3n) is 5.55. The monoisotopic (exact) mass is 452 g/mol. The molecule has 0 bridgehead atoms. The van der Waals surface area contributed by atoms with Crippen molar-refractivity contribution in [3.8, 4) is 5.75 Å². The van der Waals surface area contributed by atoms with Crippen molar-refractivity contribution in [3.63, 3.8) is 0 Å². The minimum atomic E-state index is -1.16. The number of carbonyl (C=O) groups excluding carboxylic acids is 1. The Hall–Kier alpha value is -2.74. The summed E-state index contributed by atoms with van der Waals surface area (Å²) < 4.78 is 10.8. The molecule has 7 heteroatoms. The molecule has 0 radical (unpaired) electrons. The zero-order valence-corrected chi connectivity index (χ0v) is 19.3. The average Bonchev–Trinajstić information content (AvgIpc) is 3.27. The van der Waals surface area contributed by atoms with Gasteiger partial charge < -0.3 is 24.1 Å². The highest BCUT2D eigenvalue weighted by atomic mass is 32.2. The molecule has 1 aliphatic rings. The maximum Gasteiger partial charge on any atom is 0.257 e. The van der Waals surface area contributed by atoms with E-state index < -0.39 is 11.4 Å². The predicted molar refractivity (Wildman–Crippen MR) is 126 cm³/mol. The molecule has 0 unspecified atom stereocenters. The maximum absolute atomic E-state index is 13.4. The summed E-state index contributed by atoms with van der Waals surface area (Å²) in [6, 6.07) is 17.5. The molecule has 0 spiro atoms. The lowest BCUT2D eigenvalue weighted by Gasteiger charge is -2.26. The molecule has 4 rings (SSSR count). The number of fused-ring (bicyclic) bond motifs is 1. The van der Waals surface area contributed by atoms with Gasteiger partial charge in [-0.05, 0) is 61.6 Å². The number of rotatable bonds is 7. The van der Waals surface area contributed by atoms with Crippen LogP contribution in [-0.4, -0.2) is 56.3 Å². The lowest BCUT2D eigenvalue weighted by Crippen LogP contribution is -2.43. The molecule has 168 valence electrons.